The highest BCUT2D eigenvalue weighted by atomic mass is 32.2. The monoisotopic (exact) mass is 475 g/mol. The lowest BCUT2D eigenvalue weighted by Gasteiger charge is -2.22. The minimum Gasteiger partial charge on any atom is -0.381 e. The molecular weight excluding hydrogens is 450 g/mol. The molecule has 2 aromatic heterocycles. The highest BCUT2D eigenvalue weighted by molar-refractivity contribution is 7.90. The number of nitrogens with one attached hydrogen (secondary N) is 2. The SMILES string of the molecule is CS(=O)(=O)c1cccc(-c2cc3cc[nH]c(=O)c3c(Nc3ccc(C4CCOCC4)cc3)n2)c1. The quantitative estimate of drug-likeness (QED) is 0.436. The Labute approximate surface area is 197 Å². The van der Waals surface area contributed by atoms with Gasteiger partial charge < -0.3 is 15.0 Å². The molecule has 0 aliphatic carbocycles. The van der Waals surface area contributed by atoms with E-state index in [1.54, 1.807) is 30.5 Å². The van der Waals surface area contributed by atoms with Crippen molar-refractivity contribution in [3.63, 3.8) is 0 Å². The van der Waals surface area contributed by atoms with Gasteiger partial charge in [0, 0.05) is 36.9 Å². The molecule has 0 amide bonds. The molecule has 2 N–H and O–H groups in total. The molecule has 4 aromatic rings. The maximum atomic E-state index is 12.7. The average Bonchev–Trinajstić information content (AvgIpc) is 2.84. The number of rotatable bonds is 5. The van der Waals surface area contributed by atoms with E-state index >= 15 is 0 Å². The number of fused-ring (bicyclic) bond motifs is 1. The van der Waals surface area contributed by atoms with Gasteiger partial charge in [0.05, 0.1) is 16.0 Å². The van der Waals surface area contributed by atoms with Crippen LogP contribution in [-0.2, 0) is 14.6 Å². The molecule has 34 heavy (non-hydrogen) atoms. The molecule has 0 atom stereocenters. The summed E-state index contributed by atoms with van der Waals surface area (Å²) < 4.78 is 29.5. The summed E-state index contributed by atoms with van der Waals surface area (Å²) in [7, 11) is -3.36. The molecular formula is C26H25N3O4S. The van der Waals surface area contributed by atoms with Crippen LogP contribution in [-0.4, -0.2) is 37.9 Å². The first-order valence-corrected chi connectivity index (χ1v) is 13.1. The number of nitrogens with zero attached hydrogens (tertiary/aromatic N) is 1. The number of aromatic amines is 1. The predicted molar refractivity (Wildman–Crippen MR) is 133 cm³/mol. The van der Waals surface area contributed by atoms with Crippen LogP contribution in [0.15, 0.2) is 76.6 Å². The Morgan fingerprint density at radius 3 is 2.53 bits per heavy atom. The Bertz CT molecular complexity index is 1510. The average molecular weight is 476 g/mol. The molecule has 1 saturated heterocycles. The summed E-state index contributed by atoms with van der Waals surface area (Å²) in [5.74, 6) is 0.910. The van der Waals surface area contributed by atoms with E-state index < -0.39 is 9.84 Å². The minimum absolute atomic E-state index is 0.219. The van der Waals surface area contributed by atoms with Crippen molar-refractivity contribution in [3.05, 3.63) is 82.8 Å². The van der Waals surface area contributed by atoms with Gasteiger partial charge in [0.2, 0.25) is 0 Å². The molecule has 7 nitrogen and oxygen atoms in total. The maximum Gasteiger partial charge on any atom is 0.259 e. The number of anilines is 2. The second-order valence-corrected chi connectivity index (χ2v) is 10.6. The predicted octanol–water partition coefficient (Wildman–Crippen LogP) is 4.63. The van der Waals surface area contributed by atoms with E-state index in [2.05, 4.69) is 22.4 Å². The molecule has 174 valence electrons. The molecule has 0 bridgehead atoms. The Kier molecular flexibility index (Phi) is 5.93. The van der Waals surface area contributed by atoms with Crippen molar-refractivity contribution in [1.29, 1.82) is 0 Å². The number of hydrogen-bond acceptors (Lipinski definition) is 6. The first-order valence-electron chi connectivity index (χ1n) is 11.2. The van der Waals surface area contributed by atoms with Gasteiger partial charge in [-0.2, -0.15) is 0 Å². The van der Waals surface area contributed by atoms with Gasteiger partial charge in [-0.1, -0.05) is 24.3 Å². The highest BCUT2D eigenvalue weighted by Gasteiger charge is 2.17. The van der Waals surface area contributed by atoms with Crippen LogP contribution in [0.25, 0.3) is 22.0 Å². The van der Waals surface area contributed by atoms with Crippen molar-refractivity contribution < 1.29 is 13.2 Å². The van der Waals surface area contributed by atoms with Crippen LogP contribution in [0.1, 0.15) is 24.3 Å². The largest absolute Gasteiger partial charge is 0.381 e. The zero-order valence-corrected chi connectivity index (χ0v) is 19.6. The summed E-state index contributed by atoms with van der Waals surface area (Å²) in [6.45, 7) is 1.58. The third-order valence-corrected chi connectivity index (χ3v) is 7.29. The van der Waals surface area contributed by atoms with Crippen molar-refractivity contribution in [2.75, 3.05) is 24.8 Å². The molecule has 0 radical (unpaired) electrons. The van der Waals surface area contributed by atoms with Gasteiger partial charge in [0.15, 0.2) is 9.84 Å². The molecule has 8 heteroatoms. The molecule has 1 aliphatic heterocycles. The topological polar surface area (TPSA) is 101 Å². The van der Waals surface area contributed by atoms with E-state index in [4.69, 9.17) is 9.72 Å². The molecule has 2 aromatic carbocycles. The number of pyridine rings is 2. The lowest BCUT2D eigenvalue weighted by molar-refractivity contribution is 0.0853. The Balaban J connectivity index is 1.55. The molecule has 0 saturated carbocycles. The second kappa shape index (κ2) is 9.04. The van der Waals surface area contributed by atoms with E-state index in [1.165, 1.54) is 11.8 Å². The smallest absolute Gasteiger partial charge is 0.259 e. The van der Waals surface area contributed by atoms with Crippen LogP contribution in [0.4, 0.5) is 11.5 Å². The van der Waals surface area contributed by atoms with Gasteiger partial charge in [-0.15, -0.1) is 0 Å². The van der Waals surface area contributed by atoms with Gasteiger partial charge in [-0.25, -0.2) is 13.4 Å². The van der Waals surface area contributed by atoms with E-state index in [9.17, 15) is 13.2 Å². The fourth-order valence-corrected chi connectivity index (χ4v) is 5.01. The fourth-order valence-electron chi connectivity index (χ4n) is 4.34. The van der Waals surface area contributed by atoms with E-state index in [0.717, 1.165) is 31.7 Å². The first kappa shape index (κ1) is 22.3. The van der Waals surface area contributed by atoms with Gasteiger partial charge in [-0.05, 0) is 66.1 Å². The zero-order valence-electron chi connectivity index (χ0n) is 18.7. The Morgan fingerprint density at radius 2 is 1.79 bits per heavy atom. The number of hydrogen-bond donors (Lipinski definition) is 2. The van der Waals surface area contributed by atoms with E-state index in [-0.39, 0.29) is 10.5 Å². The normalized spacial score (nSPS) is 14.9. The molecule has 5 rings (SSSR count). The van der Waals surface area contributed by atoms with Crippen molar-refractivity contribution in [1.82, 2.24) is 9.97 Å². The third kappa shape index (κ3) is 4.60. The summed E-state index contributed by atoms with van der Waals surface area (Å²) in [6.07, 6.45) is 4.80. The van der Waals surface area contributed by atoms with E-state index in [1.807, 2.05) is 24.3 Å². The first-order chi connectivity index (χ1) is 16.4. The second-order valence-electron chi connectivity index (χ2n) is 8.56. The number of ether oxygens (including phenoxy) is 1. The standard InChI is InChI=1S/C26H25N3O4S/c1-34(31,32)22-4-2-3-19(15-22)23-16-20-9-12-27-26(30)24(20)25(29-23)28-21-7-5-17(6-8-21)18-10-13-33-14-11-18/h2-9,12,15-16,18H,10-11,13-14H2,1H3,(H,27,30)(H,28,29). The van der Waals surface area contributed by atoms with Crippen molar-refractivity contribution >= 4 is 32.1 Å². The molecule has 1 aliphatic rings. The van der Waals surface area contributed by atoms with Gasteiger partial charge in [0.1, 0.15) is 5.82 Å². The number of aromatic nitrogens is 2. The maximum absolute atomic E-state index is 12.7. The van der Waals surface area contributed by atoms with Crippen LogP contribution in [0.2, 0.25) is 0 Å². The number of sulfone groups is 1. The Morgan fingerprint density at radius 1 is 1.03 bits per heavy atom. The summed E-state index contributed by atoms with van der Waals surface area (Å²) in [4.78, 5) is 20.3. The molecule has 0 unspecified atom stereocenters. The van der Waals surface area contributed by atoms with Gasteiger partial charge >= 0.3 is 0 Å². The fraction of sp³-hybridized carbons (Fsp3) is 0.231. The number of H-pyrrole nitrogens is 1. The van der Waals surface area contributed by atoms with Crippen molar-refractivity contribution in [2.45, 2.75) is 23.7 Å². The van der Waals surface area contributed by atoms with Gasteiger partial charge in [-0.3, -0.25) is 4.79 Å². The lowest BCUT2D eigenvalue weighted by atomic mass is 9.92. The van der Waals surface area contributed by atoms with E-state index in [0.29, 0.717) is 33.8 Å². The third-order valence-electron chi connectivity index (χ3n) is 6.18. The summed E-state index contributed by atoms with van der Waals surface area (Å²) >= 11 is 0. The highest BCUT2D eigenvalue weighted by Crippen LogP contribution is 2.31. The lowest BCUT2D eigenvalue weighted by Crippen LogP contribution is -2.14. The zero-order chi connectivity index (χ0) is 23.7. The molecule has 1 fully saturated rings. The van der Waals surface area contributed by atoms with Crippen molar-refractivity contribution in [2.24, 2.45) is 0 Å². The van der Waals surface area contributed by atoms with Crippen LogP contribution < -0.4 is 10.9 Å². The summed E-state index contributed by atoms with van der Waals surface area (Å²) in [5.41, 5.74) is 3.07. The summed E-state index contributed by atoms with van der Waals surface area (Å²) in [6, 6.07) is 18.5. The van der Waals surface area contributed by atoms with Crippen molar-refractivity contribution in [3.8, 4) is 11.3 Å². The van der Waals surface area contributed by atoms with Crippen LogP contribution in [0.3, 0.4) is 0 Å². The van der Waals surface area contributed by atoms with Crippen LogP contribution in [0.5, 0.6) is 0 Å². The molecule has 0 spiro atoms. The van der Waals surface area contributed by atoms with Gasteiger partial charge in [0.25, 0.3) is 5.56 Å². The van der Waals surface area contributed by atoms with Crippen LogP contribution in [0, 0.1) is 0 Å². The molecule has 3 heterocycles. The minimum atomic E-state index is -3.36. The Hall–Kier alpha value is -3.49. The number of benzene rings is 2. The summed E-state index contributed by atoms with van der Waals surface area (Å²) in [5, 5.41) is 4.45. The van der Waals surface area contributed by atoms with Crippen LogP contribution >= 0.6 is 0 Å².